The number of para-hydroxylation sites is 1. The van der Waals surface area contributed by atoms with Gasteiger partial charge in [-0.1, -0.05) is 48.5 Å². The van der Waals surface area contributed by atoms with Crippen molar-refractivity contribution in [2.75, 3.05) is 11.4 Å². The van der Waals surface area contributed by atoms with E-state index in [1.54, 1.807) is 0 Å². The molecule has 3 rings (SSSR count). The number of rotatable bonds is 2. The van der Waals surface area contributed by atoms with Crippen molar-refractivity contribution >= 4 is 11.6 Å². The molecule has 0 unspecified atom stereocenters. The quantitative estimate of drug-likeness (QED) is 0.813. The Morgan fingerprint density at radius 2 is 1.65 bits per heavy atom. The molecule has 0 aromatic heterocycles. The smallest absolute Gasteiger partial charge is 0.237 e. The van der Waals surface area contributed by atoms with Crippen molar-refractivity contribution in [3.8, 4) is 0 Å². The zero-order valence-corrected chi connectivity index (χ0v) is 12.0. The third-order valence-corrected chi connectivity index (χ3v) is 4.16. The van der Waals surface area contributed by atoms with Gasteiger partial charge in [-0.15, -0.1) is 0 Å². The van der Waals surface area contributed by atoms with Crippen molar-refractivity contribution in [1.29, 1.82) is 0 Å². The Morgan fingerprint density at radius 3 is 2.40 bits per heavy atom. The molecule has 20 heavy (non-hydrogen) atoms. The fraction of sp³-hybridized carbons (Fsp3) is 0.278. The summed E-state index contributed by atoms with van der Waals surface area (Å²) < 4.78 is 0. The summed E-state index contributed by atoms with van der Waals surface area (Å²) in [5, 5.41) is 0. The molecule has 2 aromatic rings. The molecule has 0 atom stereocenters. The van der Waals surface area contributed by atoms with Crippen LogP contribution in [-0.4, -0.2) is 12.5 Å². The Kier molecular flexibility index (Phi) is 3.09. The first-order valence-electron chi connectivity index (χ1n) is 7.06. The normalized spacial score (nSPS) is 14.2. The summed E-state index contributed by atoms with van der Waals surface area (Å²) in [5.41, 5.74) is 2.90. The summed E-state index contributed by atoms with van der Waals surface area (Å²) in [6, 6.07) is 18.2. The fourth-order valence-corrected chi connectivity index (χ4v) is 2.86. The molecule has 0 spiro atoms. The van der Waals surface area contributed by atoms with Crippen LogP contribution in [0.5, 0.6) is 0 Å². The summed E-state index contributed by atoms with van der Waals surface area (Å²) >= 11 is 0. The molecule has 0 aliphatic carbocycles. The third-order valence-electron chi connectivity index (χ3n) is 4.16. The Hall–Kier alpha value is -2.09. The Bertz CT molecular complexity index is 631. The van der Waals surface area contributed by atoms with Crippen molar-refractivity contribution in [2.24, 2.45) is 0 Å². The van der Waals surface area contributed by atoms with Gasteiger partial charge in [-0.2, -0.15) is 0 Å². The lowest BCUT2D eigenvalue weighted by molar-refractivity contribution is -0.122. The number of nitrogens with zero attached hydrogens (tertiary/aromatic N) is 1. The average molecular weight is 265 g/mol. The maximum atomic E-state index is 13.0. The Morgan fingerprint density at radius 1 is 1.00 bits per heavy atom. The van der Waals surface area contributed by atoms with Gasteiger partial charge in [0.2, 0.25) is 5.91 Å². The van der Waals surface area contributed by atoms with Crippen LogP contribution in [0.2, 0.25) is 0 Å². The first-order valence-corrected chi connectivity index (χ1v) is 7.06. The molecule has 1 amide bonds. The lowest BCUT2D eigenvalue weighted by Gasteiger charge is -2.30. The largest absolute Gasteiger partial charge is 0.311 e. The molecule has 2 aromatic carbocycles. The van der Waals surface area contributed by atoms with E-state index in [4.69, 9.17) is 0 Å². The van der Waals surface area contributed by atoms with E-state index in [1.165, 1.54) is 5.56 Å². The van der Waals surface area contributed by atoms with Crippen LogP contribution >= 0.6 is 0 Å². The predicted molar refractivity (Wildman–Crippen MR) is 82.0 cm³/mol. The lowest BCUT2D eigenvalue weighted by atomic mass is 9.83. The fourth-order valence-electron chi connectivity index (χ4n) is 2.86. The standard InChI is InChI=1S/C18H19NO/c1-18(2,15-9-4-3-5-10-15)17(20)19-13-12-14-8-6-7-11-16(14)19/h3-11H,12-13H2,1-2H3. The molecule has 1 heterocycles. The zero-order chi connectivity index (χ0) is 14.2. The summed E-state index contributed by atoms with van der Waals surface area (Å²) in [6.07, 6.45) is 0.951. The average Bonchev–Trinajstić information content (AvgIpc) is 2.91. The topological polar surface area (TPSA) is 20.3 Å². The number of amides is 1. The molecule has 102 valence electrons. The highest BCUT2D eigenvalue weighted by Gasteiger charge is 2.36. The summed E-state index contributed by atoms with van der Waals surface area (Å²) in [5.74, 6) is 0.175. The van der Waals surface area contributed by atoms with Crippen LogP contribution in [0.3, 0.4) is 0 Å². The number of carbonyl (C=O) groups is 1. The summed E-state index contributed by atoms with van der Waals surface area (Å²) in [6.45, 7) is 4.80. The molecule has 1 aliphatic rings. The van der Waals surface area contributed by atoms with Crippen molar-refractivity contribution in [3.63, 3.8) is 0 Å². The second kappa shape index (κ2) is 4.78. The van der Waals surface area contributed by atoms with Crippen molar-refractivity contribution in [1.82, 2.24) is 0 Å². The minimum absolute atomic E-state index is 0.175. The van der Waals surface area contributed by atoms with Gasteiger partial charge in [-0.3, -0.25) is 4.79 Å². The molecule has 1 aliphatic heterocycles. The maximum absolute atomic E-state index is 13.0. The van der Waals surface area contributed by atoms with Gasteiger partial charge in [0.15, 0.2) is 0 Å². The van der Waals surface area contributed by atoms with Crippen LogP contribution in [-0.2, 0) is 16.6 Å². The molecule has 0 saturated heterocycles. The predicted octanol–water partition coefficient (Wildman–Crippen LogP) is 3.55. The minimum atomic E-state index is -0.501. The van der Waals surface area contributed by atoms with E-state index in [2.05, 4.69) is 6.07 Å². The van der Waals surface area contributed by atoms with Gasteiger partial charge in [0.1, 0.15) is 0 Å². The number of hydrogen-bond donors (Lipinski definition) is 0. The van der Waals surface area contributed by atoms with Crippen molar-refractivity contribution in [3.05, 3.63) is 65.7 Å². The molecule has 2 nitrogen and oxygen atoms in total. The number of fused-ring (bicyclic) bond motifs is 1. The summed E-state index contributed by atoms with van der Waals surface area (Å²) in [4.78, 5) is 14.9. The van der Waals surface area contributed by atoms with Crippen LogP contribution in [0.15, 0.2) is 54.6 Å². The van der Waals surface area contributed by atoms with Crippen molar-refractivity contribution < 1.29 is 4.79 Å². The molecule has 2 heteroatoms. The minimum Gasteiger partial charge on any atom is -0.311 e. The second-order valence-corrected chi connectivity index (χ2v) is 5.83. The van der Waals surface area contributed by atoms with E-state index in [0.717, 1.165) is 24.2 Å². The van der Waals surface area contributed by atoms with E-state index in [9.17, 15) is 4.79 Å². The monoisotopic (exact) mass is 265 g/mol. The highest BCUT2D eigenvalue weighted by atomic mass is 16.2. The molecule has 0 saturated carbocycles. The van der Waals surface area contributed by atoms with E-state index < -0.39 is 5.41 Å². The third kappa shape index (κ3) is 2.01. The van der Waals surface area contributed by atoms with Crippen LogP contribution in [0.4, 0.5) is 5.69 Å². The SMILES string of the molecule is CC(C)(C(=O)N1CCc2ccccc21)c1ccccc1. The Balaban J connectivity index is 1.94. The van der Waals surface area contributed by atoms with Crippen LogP contribution in [0.25, 0.3) is 0 Å². The van der Waals surface area contributed by atoms with Crippen LogP contribution < -0.4 is 4.90 Å². The second-order valence-electron chi connectivity index (χ2n) is 5.83. The molecular formula is C18H19NO. The number of benzene rings is 2. The summed E-state index contributed by atoms with van der Waals surface area (Å²) in [7, 11) is 0. The van der Waals surface area contributed by atoms with Gasteiger partial charge < -0.3 is 4.90 Å². The van der Waals surface area contributed by atoms with Gasteiger partial charge in [0, 0.05) is 12.2 Å². The van der Waals surface area contributed by atoms with E-state index in [1.807, 2.05) is 67.3 Å². The number of hydrogen-bond acceptors (Lipinski definition) is 1. The molecular weight excluding hydrogens is 246 g/mol. The Labute approximate surface area is 120 Å². The van der Waals surface area contributed by atoms with Gasteiger partial charge in [0.05, 0.1) is 5.41 Å². The van der Waals surface area contributed by atoms with Crippen LogP contribution in [0.1, 0.15) is 25.0 Å². The first-order chi connectivity index (χ1) is 9.60. The van der Waals surface area contributed by atoms with E-state index >= 15 is 0 Å². The van der Waals surface area contributed by atoms with Crippen molar-refractivity contribution in [2.45, 2.75) is 25.7 Å². The van der Waals surface area contributed by atoms with Gasteiger partial charge in [-0.05, 0) is 37.5 Å². The molecule has 0 N–H and O–H groups in total. The highest BCUT2D eigenvalue weighted by Crippen LogP contribution is 2.33. The molecule has 0 bridgehead atoms. The van der Waals surface area contributed by atoms with Crippen LogP contribution in [0, 0.1) is 0 Å². The lowest BCUT2D eigenvalue weighted by Crippen LogP contribution is -2.42. The number of carbonyl (C=O) groups excluding carboxylic acids is 1. The van der Waals surface area contributed by atoms with Gasteiger partial charge in [-0.25, -0.2) is 0 Å². The first kappa shape index (κ1) is 12.9. The zero-order valence-electron chi connectivity index (χ0n) is 12.0. The molecule has 0 fully saturated rings. The number of anilines is 1. The van der Waals surface area contributed by atoms with Gasteiger partial charge >= 0.3 is 0 Å². The molecule has 0 radical (unpaired) electrons. The highest BCUT2D eigenvalue weighted by molar-refractivity contribution is 6.02. The van der Waals surface area contributed by atoms with Gasteiger partial charge in [0.25, 0.3) is 0 Å². The van der Waals surface area contributed by atoms with E-state index in [-0.39, 0.29) is 5.91 Å². The maximum Gasteiger partial charge on any atom is 0.237 e. The van der Waals surface area contributed by atoms with E-state index in [0.29, 0.717) is 0 Å².